The molecule has 8 rings (SSSR count). The van der Waals surface area contributed by atoms with E-state index in [0.717, 1.165) is 23.0 Å². The molecule has 0 radical (unpaired) electrons. The Morgan fingerprint density at radius 2 is 0.523 bits per heavy atom. The molecule has 0 aliphatic rings. The molecule has 0 saturated carbocycles. The van der Waals surface area contributed by atoms with Gasteiger partial charge in [0.2, 0.25) is 0 Å². The molecular weight excluding hydrogens is 1090 g/mol. The lowest BCUT2D eigenvalue weighted by Crippen LogP contribution is -2.38. The molecule has 4 nitrogen and oxygen atoms in total. The van der Waals surface area contributed by atoms with Gasteiger partial charge in [0.15, 0.2) is 0 Å². The number of fused-ring (bicyclic) bond motifs is 2. The summed E-state index contributed by atoms with van der Waals surface area (Å²) in [5, 5.41) is 12.7. The SMILES string of the molecule is COc1c(C(C)(C)C)cc(P(c2cc(C(C)(C)C)c(OC)c(C(C)(C)C)c2)c2cc3ccccc3c(-c3cccc4ccccc34)c2P(c2cc(C(C)(C)C)c(OC)c(C(C)(C)C)c2)c2cc(C(C)(C)C)c(OC)c(C(C)(C)C)c2)cc1C(C)(C)C. The summed E-state index contributed by atoms with van der Waals surface area (Å²) in [6, 6.07) is 48.2. The summed E-state index contributed by atoms with van der Waals surface area (Å²) in [4.78, 5) is 0. The fraction of sp³-hybridized carbons (Fsp3) is 0.450. The highest BCUT2D eigenvalue weighted by Crippen LogP contribution is 2.53. The number of rotatable bonds is 11. The summed E-state index contributed by atoms with van der Waals surface area (Å²) in [5.41, 5.74) is 9.91. The smallest absolute Gasteiger partial charge is 0.126 e. The van der Waals surface area contributed by atoms with Crippen molar-refractivity contribution in [3.05, 3.63) is 166 Å². The van der Waals surface area contributed by atoms with Crippen LogP contribution in [-0.4, -0.2) is 28.4 Å². The van der Waals surface area contributed by atoms with Crippen LogP contribution >= 0.6 is 15.8 Å². The van der Waals surface area contributed by atoms with Gasteiger partial charge in [-0.05, 0) is 173 Å². The second-order valence-corrected chi connectivity index (χ2v) is 36.7. The highest BCUT2D eigenvalue weighted by molar-refractivity contribution is 7.85. The normalized spacial score (nSPS) is 13.3. The number of hydrogen-bond acceptors (Lipinski definition) is 4. The second-order valence-electron chi connectivity index (χ2n) is 32.3. The van der Waals surface area contributed by atoms with Gasteiger partial charge in [-0.2, -0.15) is 0 Å². The number of methoxy groups -OCH3 is 4. The minimum atomic E-state index is -1.53. The highest BCUT2D eigenvalue weighted by atomic mass is 31.1. The van der Waals surface area contributed by atoms with E-state index in [-0.39, 0.29) is 43.3 Å². The molecule has 0 N–H and O–H groups in total. The number of hydrogen-bond donors (Lipinski definition) is 0. The van der Waals surface area contributed by atoms with E-state index in [0.29, 0.717) is 0 Å². The first kappa shape index (κ1) is 66.3. The molecule has 0 bridgehead atoms. The first-order chi connectivity index (χ1) is 39.6. The van der Waals surface area contributed by atoms with Crippen molar-refractivity contribution in [2.45, 2.75) is 209 Å². The summed E-state index contributed by atoms with van der Waals surface area (Å²) in [6.07, 6.45) is 0. The lowest BCUT2D eigenvalue weighted by molar-refractivity contribution is 0.381. The molecule has 8 aromatic rings. The Morgan fingerprint density at radius 1 is 0.267 bits per heavy atom. The van der Waals surface area contributed by atoms with Gasteiger partial charge in [0.1, 0.15) is 23.0 Å². The zero-order chi connectivity index (χ0) is 64.0. The zero-order valence-electron chi connectivity index (χ0n) is 58.1. The third kappa shape index (κ3) is 12.9. The quantitative estimate of drug-likeness (QED) is 0.121. The summed E-state index contributed by atoms with van der Waals surface area (Å²) in [5.74, 6) is 3.85. The van der Waals surface area contributed by atoms with E-state index in [2.05, 4.69) is 287 Å². The highest BCUT2D eigenvalue weighted by Gasteiger charge is 2.40. The zero-order valence-corrected chi connectivity index (χ0v) is 59.9. The second kappa shape index (κ2) is 23.4. The maximum absolute atomic E-state index is 6.68. The summed E-state index contributed by atoms with van der Waals surface area (Å²) >= 11 is 0. The number of benzene rings is 8. The molecule has 0 atom stereocenters. The molecule has 0 unspecified atom stereocenters. The molecule has 0 spiro atoms. The molecule has 8 aromatic carbocycles. The molecule has 0 aliphatic carbocycles. The van der Waals surface area contributed by atoms with Gasteiger partial charge in [-0.3, -0.25) is 0 Å². The standard InChI is InChI=1S/C80H104O4P2/c1-73(2,3)58-41-51(42-59(68(58)81-25)74(4,5)6)85(52-43-60(75(7,8)9)69(82-26)61(44-52)76(10,11)12)66-40-50-35-30-32-38-56(50)67(57-39-33-36-49-34-29-31-37-55(49)57)72(66)86(53-45-62(77(13,14)15)70(83-27)63(46-53)78(16,17)18)54-47-64(79(19,20)21)71(84-28)65(48-54)80(22,23)24/h29-48H,1-28H3. The Bertz CT molecular complexity index is 3530. The van der Waals surface area contributed by atoms with Crippen molar-refractivity contribution in [1.82, 2.24) is 0 Å². The van der Waals surface area contributed by atoms with Crippen molar-refractivity contribution >= 4 is 69.2 Å². The van der Waals surface area contributed by atoms with Crippen molar-refractivity contribution in [3.63, 3.8) is 0 Å². The summed E-state index contributed by atoms with van der Waals surface area (Å²) < 4.78 is 26.7. The molecule has 0 heterocycles. The van der Waals surface area contributed by atoms with E-state index >= 15 is 0 Å². The fourth-order valence-electron chi connectivity index (χ4n) is 12.6. The van der Waals surface area contributed by atoms with Crippen molar-refractivity contribution in [1.29, 1.82) is 0 Å². The van der Waals surface area contributed by atoms with Gasteiger partial charge in [0.05, 0.1) is 28.4 Å². The van der Waals surface area contributed by atoms with Gasteiger partial charge in [0, 0.05) is 49.8 Å². The van der Waals surface area contributed by atoms with E-state index in [1.54, 1.807) is 0 Å². The molecule has 6 heteroatoms. The van der Waals surface area contributed by atoms with Crippen LogP contribution in [0.2, 0.25) is 0 Å². The van der Waals surface area contributed by atoms with Gasteiger partial charge < -0.3 is 18.9 Å². The van der Waals surface area contributed by atoms with Gasteiger partial charge in [0.25, 0.3) is 0 Å². The maximum Gasteiger partial charge on any atom is 0.126 e. The minimum Gasteiger partial charge on any atom is -0.496 e. The van der Waals surface area contributed by atoms with Gasteiger partial charge in [-0.15, -0.1) is 0 Å². The van der Waals surface area contributed by atoms with E-state index < -0.39 is 15.8 Å². The van der Waals surface area contributed by atoms with Crippen molar-refractivity contribution in [2.24, 2.45) is 0 Å². The van der Waals surface area contributed by atoms with Gasteiger partial charge in [-0.25, -0.2) is 0 Å². The van der Waals surface area contributed by atoms with Crippen molar-refractivity contribution in [3.8, 4) is 34.1 Å². The van der Waals surface area contributed by atoms with Gasteiger partial charge >= 0.3 is 0 Å². The third-order valence-electron chi connectivity index (χ3n) is 17.1. The summed E-state index contributed by atoms with van der Waals surface area (Å²) in [7, 11) is 4.45. The van der Waals surface area contributed by atoms with E-state index in [9.17, 15) is 0 Å². The predicted octanol–water partition coefficient (Wildman–Crippen LogP) is 19.6. The third-order valence-corrected chi connectivity index (χ3v) is 22.2. The van der Waals surface area contributed by atoms with Crippen LogP contribution in [0.5, 0.6) is 23.0 Å². The Kier molecular flexibility index (Phi) is 18.0. The van der Waals surface area contributed by atoms with Crippen LogP contribution in [0.25, 0.3) is 32.7 Å². The Labute approximate surface area is 523 Å². The van der Waals surface area contributed by atoms with Crippen molar-refractivity contribution in [2.75, 3.05) is 28.4 Å². The Hall–Kier alpha value is -5.66. The molecule has 0 aromatic heterocycles. The topological polar surface area (TPSA) is 36.9 Å². The largest absolute Gasteiger partial charge is 0.496 e. The average Bonchev–Trinajstić information content (AvgIpc) is 0.726. The van der Waals surface area contributed by atoms with Crippen LogP contribution in [0, 0.1) is 0 Å². The van der Waals surface area contributed by atoms with Crippen LogP contribution in [0.3, 0.4) is 0 Å². The van der Waals surface area contributed by atoms with Crippen LogP contribution in [0.1, 0.15) is 211 Å². The van der Waals surface area contributed by atoms with Crippen LogP contribution in [-0.2, 0) is 43.3 Å². The van der Waals surface area contributed by atoms with Crippen LogP contribution in [0.4, 0.5) is 0 Å². The minimum absolute atomic E-state index is 0.270. The van der Waals surface area contributed by atoms with E-state index in [1.807, 2.05) is 28.4 Å². The Morgan fingerprint density at radius 3 is 0.814 bits per heavy atom. The monoisotopic (exact) mass is 1190 g/mol. The summed E-state index contributed by atoms with van der Waals surface area (Å²) in [6.45, 7) is 56.3. The lowest BCUT2D eigenvalue weighted by Gasteiger charge is -2.37. The lowest BCUT2D eigenvalue weighted by atomic mass is 9.79. The molecule has 458 valence electrons. The first-order valence-electron chi connectivity index (χ1n) is 31.1. The first-order valence-corrected chi connectivity index (χ1v) is 33.8. The maximum atomic E-state index is 6.68. The average molecular weight is 1190 g/mol. The Balaban J connectivity index is 1.83. The van der Waals surface area contributed by atoms with E-state index in [4.69, 9.17) is 18.9 Å². The molecule has 0 amide bonds. The molecule has 86 heavy (non-hydrogen) atoms. The fourth-order valence-corrected chi connectivity index (χ4v) is 18.3. The molecule has 0 fully saturated rings. The number of ether oxygens (including phenoxy) is 4. The molecule has 0 aliphatic heterocycles. The van der Waals surface area contributed by atoms with E-state index in [1.165, 1.54) is 109 Å². The van der Waals surface area contributed by atoms with Crippen LogP contribution in [0.15, 0.2) is 121 Å². The van der Waals surface area contributed by atoms with Crippen LogP contribution < -0.4 is 50.8 Å². The molecule has 0 saturated heterocycles. The molecular formula is C80H104O4P2. The van der Waals surface area contributed by atoms with Crippen molar-refractivity contribution < 1.29 is 18.9 Å². The predicted molar refractivity (Wildman–Crippen MR) is 380 cm³/mol. The van der Waals surface area contributed by atoms with Gasteiger partial charge in [-0.1, -0.05) is 233 Å².